The molecule has 0 bridgehead atoms. The van der Waals surface area contributed by atoms with Crippen LogP contribution in [-0.4, -0.2) is 30.1 Å². The summed E-state index contributed by atoms with van der Waals surface area (Å²) in [6, 6.07) is 0. The van der Waals surface area contributed by atoms with Gasteiger partial charge in [-0.2, -0.15) is 0 Å². The Bertz CT molecular complexity index is 227. The van der Waals surface area contributed by atoms with Gasteiger partial charge in [0.2, 0.25) is 0 Å². The lowest BCUT2D eigenvalue weighted by Crippen LogP contribution is -2.52. The van der Waals surface area contributed by atoms with Crippen LogP contribution in [0.25, 0.3) is 0 Å². The summed E-state index contributed by atoms with van der Waals surface area (Å²) in [6.45, 7) is 12.6. The largest absolute Gasteiger partial charge is 0.329 e. The molecule has 2 atom stereocenters. The van der Waals surface area contributed by atoms with Gasteiger partial charge in [-0.25, -0.2) is 0 Å². The molecule has 1 fully saturated rings. The summed E-state index contributed by atoms with van der Waals surface area (Å²) in [5, 5.41) is 0. The molecule has 108 valence electrons. The van der Waals surface area contributed by atoms with Crippen LogP contribution in [0.1, 0.15) is 66.2 Å². The molecule has 1 rings (SSSR count). The summed E-state index contributed by atoms with van der Waals surface area (Å²) >= 11 is 0. The zero-order valence-corrected chi connectivity index (χ0v) is 13.0. The van der Waals surface area contributed by atoms with Crippen molar-refractivity contribution >= 4 is 0 Å². The van der Waals surface area contributed by atoms with Gasteiger partial charge >= 0.3 is 0 Å². The molecular formula is C16H34N2. The number of hydrogen-bond donors (Lipinski definition) is 1. The predicted octanol–water partition coefficient (Wildman–Crippen LogP) is 3.65. The van der Waals surface area contributed by atoms with E-state index < -0.39 is 0 Å². The number of hydrogen-bond acceptors (Lipinski definition) is 2. The molecule has 18 heavy (non-hydrogen) atoms. The van der Waals surface area contributed by atoms with Gasteiger partial charge in [-0.05, 0) is 57.5 Å². The van der Waals surface area contributed by atoms with Gasteiger partial charge in [0, 0.05) is 12.1 Å². The lowest BCUT2D eigenvalue weighted by Gasteiger charge is -2.41. The van der Waals surface area contributed by atoms with E-state index in [-0.39, 0.29) is 5.54 Å². The number of nitrogens with two attached hydrogens (primary N) is 1. The van der Waals surface area contributed by atoms with E-state index in [0.29, 0.717) is 0 Å². The first-order valence-corrected chi connectivity index (χ1v) is 7.97. The maximum absolute atomic E-state index is 6.09. The molecule has 1 saturated heterocycles. The van der Waals surface area contributed by atoms with E-state index >= 15 is 0 Å². The highest BCUT2D eigenvalue weighted by atomic mass is 15.2. The van der Waals surface area contributed by atoms with Gasteiger partial charge in [-0.1, -0.05) is 33.6 Å². The van der Waals surface area contributed by atoms with E-state index in [2.05, 4.69) is 32.6 Å². The van der Waals surface area contributed by atoms with Gasteiger partial charge in [-0.15, -0.1) is 0 Å². The van der Waals surface area contributed by atoms with Gasteiger partial charge in [-0.3, -0.25) is 4.90 Å². The van der Waals surface area contributed by atoms with Gasteiger partial charge < -0.3 is 5.73 Å². The molecule has 0 spiro atoms. The van der Waals surface area contributed by atoms with Crippen molar-refractivity contribution in [2.24, 2.45) is 17.6 Å². The monoisotopic (exact) mass is 254 g/mol. The summed E-state index contributed by atoms with van der Waals surface area (Å²) in [4.78, 5) is 2.68. The number of rotatable bonds is 6. The molecule has 0 radical (unpaired) electrons. The zero-order valence-electron chi connectivity index (χ0n) is 13.0. The van der Waals surface area contributed by atoms with Crippen molar-refractivity contribution in [2.75, 3.05) is 19.6 Å². The summed E-state index contributed by atoms with van der Waals surface area (Å²) in [5.74, 6) is 1.69. The molecule has 1 heterocycles. The van der Waals surface area contributed by atoms with E-state index in [4.69, 9.17) is 5.73 Å². The van der Waals surface area contributed by atoms with E-state index in [1.807, 2.05) is 0 Å². The molecule has 1 aliphatic heterocycles. The average Bonchev–Trinajstić information content (AvgIpc) is 2.54. The van der Waals surface area contributed by atoms with E-state index in [9.17, 15) is 0 Å². The fourth-order valence-corrected chi connectivity index (χ4v) is 3.62. The highest BCUT2D eigenvalue weighted by molar-refractivity contribution is 4.89. The van der Waals surface area contributed by atoms with Crippen molar-refractivity contribution in [3.05, 3.63) is 0 Å². The highest BCUT2D eigenvalue weighted by Crippen LogP contribution is 2.29. The molecule has 0 aromatic carbocycles. The number of nitrogens with zero attached hydrogens (tertiary/aromatic N) is 1. The molecule has 2 nitrogen and oxygen atoms in total. The molecule has 2 N–H and O–H groups in total. The van der Waals surface area contributed by atoms with Crippen LogP contribution in [0.4, 0.5) is 0 Å². The normalized spacial score (nSPS) is 26.0. The van der Waals surface area contributed by atoms with Crippen molar-refractivity contribution in [3.63, 3.8) is 0 Å². The molecule has 0 aromatic rings. The first kappa shape index (κ1) is 16.0. The molecule has 0 amide bonds. The third kappa shape index (κ3) is 4.55. The van der Waals surface area contributed by atoms with E-state index in [1.165, 1.54) is 51.6 Å². The maximum Gasteiger partial charge on any atom is 0.0306 e. The zero-order chi connectivity index (χ0) is 13.6. The fourth-order valence-electron chi connectivity index (χ4n) is 3.62. The minimum absolute atomic E-state index is 0.218. The van der Waals surface area contributed by atoms with Crippen LogP contribution in [0, 0.1) is 11.8 Å². The van der Waals surface area contributed by atoms with Crippen molar-refractivity contribution in [1.82, 2.24) is 4.90 Å². The Labute approximate surface area is 114 Å². The topological polar surface area (TPSA) is 29.3 Å². The third-order valence-electron chi connectivity index (χ3n) is 4.60. The van der Waals surface area contributed by atoms with Gasteiger partial charge in [0.05, 0.1) is 0 Å². The quantitative estimate of drug-likeness (QED) is 0.784. The Hall–Kier alpha value is -0.0800. The van der Waals surface area contributed by atoms with Crippen molar-refractivity contribution < 1.29 is 0 Å². The fraction of sp³-hybridized carbons (Fsp3) is 1.00. The summed E-state index contributed by atoms with van der Waals surface area (Å²) in [6.07, 6.45) is 8.14. The van der Waals surface area contributed by atoms with Crippen LogP contribution in [-0.2, 0) is 0 Å². The van der Waals surface area contributed by atoms with Crippen molar-refractivity contribution in [3.8, 4) is 0 Å². The maximum atomic E-state index is 6.09. The van der Waals surface area contributed by atoms with Gasteiger partial charge in [0.15, 0.2) is 0 Å². The molecule has 0 aromatic heterocycles. The highest BCUT2D eigenvalue weighted by Gasteiger charge is 2.32. The molecular weight excluding hydrogens is 220 g/mol. The SMILES string of the molecule is CCCC1CCCN(C(C)(CN)CC(C)C)CC1. The van der Waals surface area contributed by atoms with E-state index in [0.717, 1.165) is 18.4 Å². The Morgan fingerprint density at radius 3 is 2.56 bits per heavy atom. The first-order chi connectivity index (χ1) is 8.51. The van der Waals surface area contributed by atoms with Crippen molar-refractivity contribution in [2.45, 2.75) is 71.8 Å². The Morgan fingerprint density at radius 2 is 2.00 bits per heavy atom. The Morgan fingerprint density at radius 1 is 1.28 bits per heavy atom. The van der Waals surface area contributed by atoms with Crippen LogP contribution in [0.5, 0.6) is 0 Å². The summed E-state index contributed by atoms with van der Waals surface area (Å²) in [5.41, 5.74) is 6.31. The van der Waals surface area contributed by atoms with Crippen LogP contribution < -0.4 is 5.73 Å². The van der Waals surface area contributed by atoms with Crippen LogP contribution in [0.15, 0.2) is 0 Å². The first-order valence-electron chi connectivity index (χ1n) is 7.97. The lowest BCUT2D eigenvalue weighted by molar-refractivity contribution is 0.0915. The predicted molar refractivity (Wildman–Crippen MR) is 80.7 cm³/mol. The van der Waals surface area contributed by atoms with Gasteiger partial charge in [0.25, 0.3) is 0 Å². The minimum Gasteiger partial charge on any atom is -0.329 e. The second-order valence-corrected chi connectivity index (χ2v) is 6.87. The molecule has 1 aliphatic rings. The van der Waals surface area contributed by atoms with Crippen LogP contribution in [0.3, 0.4) is 0 Å². The molecule has 0 saturated carbocycles. The molecule has 2 unspecified atom stereocenters. The van der Waals surface area contributed by atoms with Crippen LogP contribution in [0.2, 0.25) is 0 Å². The molecule has 2 heteroatoms. The molecule has 0 aliphatic carbocycles. The standard InChI is InChI=1S/C16H34N2/c1-5-7-15-8-6-10-18(11-9-15)16(4,13-17)12-14(2)3/h14-15H,5-13,17H2,1-4H3. The second kappa shape index (κ2) is 7.49. The Balaban J connectivity index is 2.59. The smallest absolute Gasteiger partial charge is 0.0306 e. The average molecular weight is 254 g/mol. The van der Waals surface area contributed by atoms with Crippen molar-refractivity contribution in [1.29, 1.82) is 0 Å². The second-order valence-electron chi connectivity index (χ2n) is 6.87. The van der Waals surface area contributed by atoms with Crippen LogP contribution >= 0.6 is 0 Å². The summed E-state index contributed by atoms with van der Waals surface area (Å²) in [7, 11) is 0. The van der Waals surface area contributed by atoms with Gasteiger partial charge in [0.1, 0.15) is 0 Å². The number of likely N-dealkylation sites (tertiary alicyclic amines) is 1. The Kier molecular flexibility index (Phi) is 6.65. The van der Waals surface area contributed by atoms with E-state index in [1.54, 1.807) is 0 Å². The lowest BCUT2D eigenvalue weighted by atomic mass is 9.88. The summed E-state index contributed by atoms with van der Waals surface area (Å²) < 4.78 is 0. The third-order valence-corrected chi connectivity index (χ3v) is 4.60. The minimum atomic E-state index is 0.218.